The minimum atomic E-state index is -4.77. The third kappa shape index (κ3) is 2.81. The molecule has 3 aromatic carbocycles. The van der Waals surface area contributed by atoms with Crippen LogP contribution in [0.1, 0.15) is 11.1 Å². The quantitative estimate of drug-likeness (QED) is 0.540. The summed E-state index contributed by atoms with van der Waals surface area (Å²) in [5.74, 6) is -0.221. The van der Waals surface area contributed by atoms with Crippen LogP contribution in [0.5, 0.6) is 5.75 Å². The molecule has 0 amide bonds. The lowest BCUT2D eigenvalue weighted by Crippen LogP contribution is -2.27. The second kappa shape index (κ2) is 6.01. The molecule has 1 heterocycles. The average molecular weight is 396 g/mol. The fourth-order valence-corrected chi connectivity index (χ4v) is 4.04. The zero-order valence-electron chi connectivity index (χ0n) is 15.0. The molecule has 4 bridgehead atoms. The Kier molecular flexibility index (Phi) is 3.65. The predicted octanol–water partition coefficient (Wildman–Crippen LogP) is 4.82. The summed E-state index contributed by atoms with van der Waals surface area (Å²) >= 11 is 0. The summed E-state index contributed by atoms with van der Waals surface area (Å²) in [5.41, 5.74) is 9.07. The van der Waals surface area contributed by atoms with Crippen molar-refractivity contribution < 1.29 is 22.6 Å². The van der Waals surface area contributed by atoms with E-state index in [-0.39, 0.29) is 18.4 Å². The van der Waals surface area contributed by atoms with Gasteiger partial charge in [-0.3, -0.25) is 0 Å². The molecule has 3 aromatic rings. The number of hydrogen-bond donors (Lipinski definition) is 1. The molecule has 2 aliphatic carbocycles. The summed E-state index contributed by atoms with van der Waals surface area (Å²) in [7, 11) is 0. The second-order valence-electron chi connectivity index (χ2n) is 6.98. The smallest absolute Gasteiger partial charge is 0.462 e. The number of nitrogens with zero attached hydrogens (tertiary/aromatic N) is 1. The molecular weight excluding hydrogens is 381 g/mol. The maximum atomic E-state index is 12.9. The first kappa shape index (κ1) is 17.6. The van der Waals surface area contributed by atoms with Crippen LogP contribution < -0.4 is 10.5 Å². The molecule has 0 saturated heterocycles. The fraction of sp³-hybridized carbons (Fsp3) is 0.136. The highest BCUT2D eigenvalue weighted by molar-refractivity contribution is 5.87. The molecule has 0 spiro atoms. The molecule has 2 N–H and O–H groups in total. The molecule has 0 aromatic heterocycles. The van der Waals surface area contributed by atoms with Gasteiger partial charge in [-0.2, -0.15) is 0 Å². The summed E-state index contributed by atoms with van der Waals surface area (Å²) in [6.45, 7) is 0.207. The van der Waals surface area contributed by atoms with Gasteiger partial charge < -0.3 is 15.2 Å². The number of rotatable bonds is 3. The summed E-state index contributed by atoms with van der Waals surface area (Å²) in [5, 5.41) is 0. The molecule has 6 rings (SSSR count). The Morgan fingerprint density at radius 3 is 2.34 bits per heavy atom. The van der Waals surface area contributed by atoms with Crippen molar-refractivity contribution in [3.8, 4) is 28.0 Å². The van der Waals surface area contributed by atoms with Crippen LogP contribution in [0.2, 0.25) is 0 Å². The number of hydrogen-bond acceptors (Lipinski definition) is 4. The molecule has 7 heteroatoms. The zero-order valence-corrected chi connectivity index (χ0v) is 15.0. The van der Waals surface area contributed by atoms with Crippen LogP contribution in [-0.2, 0) is 10.3 Å². The third-order valence-corrected chi connectivity index (χ3v) is 5.28. The van der Waals surface area contributed by atoms with Crippen LogP contribution >= 0.6 is 0 Å². The van der Waals surface area contributed by atoms with Crippen LogP contribution in [0.25, 0.3) is 22.3 Å². The van der Waals surface area contributed by atoms with Gasteiger partial charge in [0.25, 0.3) is 6.02 Å². The van der Waals surface area contributed by atoms with Gasteiger partial charge >= 0.3 is 6.36 Å². The Balaban J connectivity index is 1.72. The maximum absolute atomic E-state index is 12.9. The van der Waals surface area contributed by atoms with Gasteiger partial charge in [0, 0.05) is 5.56 Å². The minimum absolute atomic E-state index is 0.0783. The first-order chi connectivity index (χ1) is 13.9. The van der Waals surface area contributed by atoms with Crippen molar-refractivity contribution in [2.24, 2.45) is 10.7 Å². The molecule has 29 heavy (non-hydrogen) atoms. The Morgan fingerprint density at radius 2 is 1.66 bits per heavy atom. The van der Waals surface area contributed by atoms with Gasteiger partial charge in [0.2, 0.25) is 0 Å². The SMILES string of the molecule is NC1=NC(c2ccccc2)(c2ccc3cc2-c2ccc-3c(OC(F)(F)F)c2)CO1. The highest BCUT2D eigenvalue weighted by Gasteiger charge is 2.42. The molecule has 0 radical (unpaired) electrons. The van der Waals surface area contributed by atoms with Gasteiger partial charge in [-0.15, -0.1) is 13.2 Å². The normalized spacial score (nSPS) is 19.5. The first-order valence-electron chi connectivity index (χ1n) is 8.94. The number of halogens is 3. The standard InChI is InChI=1S/C22H15F3N2O2/c23-22(24,25)29-19-11-14-6-8-16(19)13-7-9-18(17(14)10-13)21(12-28-20(26)27-21)15-4-2-1-3-5-15/h1-11H,12H2,(H2,26,27). The van der Waals surface area contributed by atoms with Gasteiger partial charge in [0.1, 0.15) is 12.4 Å². The zero-order chi connectivity index (χ0) is 20.2. The Bertz CT molecular complexity index is 1140. The monoisotopic (exact) mass is 396 g/mol. The van der Waals surface area contributed by atoms with Crippen LogP contribution in [0.4, 0.5) is 13.2 Å². The Labute approximate surface area is 164 Å². The Morgan fingerprint density at radius 1 is 0.931 bits per heavy atom. The van der Waals surface area contributed by atoms with E-state index in [4.69, 9.17) is 10.5 Å². The maximum Gasteiger partial charge on any atom is 0.573 e. The van der Waals surface area contributed by atoms with Crippen molar-refractivity contribution in [2.45, 2.75) is 11.9 Å². The second-order valence-corrected chi connectivity index (χ2v) is 6.98. The van der Waals surface area contributed by atoms with Crippen molar-refractivity contribution in [2.75, 3.05) is 6.61 Å². The van der Waals surface area contributed by atoms with E-state index in [1.54, 1.807) is 18.2 Å². The van der Waals surface area contributed by atoms with E-state index in [2.05, 4.69) is 9.73 Å². The molecule has 1 atom stereocenters. The summed E-state index contributed by atoms with van der Waals surface area (Å²) in [6.07, 6.45) is -4.77. The van der Waals surface area contributed by atoms with Gasteiger partial charge in [0.15, 0.2) is 5.54 Å². The number of aliphatic imine (C=N–C) groups is 1. The van der Waals surface area contributed by atoms with Gasteiger partial charge in [-0.25, -0.2) is 4.99 Å². The minimum Gasteiger partial charge on any atom is -0.462 e. The van der Waals surface area contributed by atoms with E-state index < -0.39 is 11.9 Å². The lowest BCUT2D eigenvalue weighted by atomic mass is 9.80. The highest BCUT2D eigenvalue weighted by Crippen LogP contribution is 2.48. The molecule has 146 valence electrons. The summed E-state index contributed by atoms with van der Waals surface area (Å²) in [6, 6.07) is 20.0. The van der Waals surface area contributed by atoms with E-state index in [0.29, 0.717) is 16.7 Å². The predicted molar refractivity (Wildman–Crippen MR) is 102 cm³/mol. The fourth-order valence-electron chi connectivity index (χ4n) is 4.04. The van der Waals surface area contributed by atoms with Crippen molar-refractivity contribution in [3.05, 3.63) is 77.9 Å². The summed E-state index contributed by atoms with van der Waals surface area (Å²) in [4.78, 5) is 4.61. The number of fused-ring (bicyclic) bond motifs is 2. The van der Waals surface area contributed by atoms with Gasteiger partial charge in [0.05, 0.1) is 0 Å². The van der Waals surface area contributed by atoms with E-state index in [9.17, 15) is 13.2 Å². The van der Waals surface area contributed by atoms with E-state index >= 15 is 0 Å². The van der Waals surface area contributed by atoms with Crippen LogP contribution in [0, 0.1) is 0 Å². The van der Waals surface area contributed by atoms with Crippen molar-refractivity contribution in [1.29, 1.82) is 0 Å². The topological polar surface area (TPSA) is 56.8 Å². The Hall–Kier alpha value is -3.48. The van der Waals surface area contributed by atoms with Crippen molar-refractivity contribution >= 4 is 6.02 Å². The number of nitrogens with two attached hydrogens (primary N) is 1. The highest BCUT2D eigenvalue weighted by atomic mass is 19.4. The third-order valence-electron chi connectivity index (χ3n) is 5.28. The largest absolute Gasteiger partial charge is 0.573 e. The molecule has 4 nitrogen and oxygen atoms in total. The molecule has 0 saturated carbocycles. The summed E-state index contributed by atoms with van der Waals surface area (Å²) < 4.78 is 48.4. The van der Waals surface area contributed by atoms with Crippen LogP contribution in [-0.4, -0.2) is 19.0 Å². The van der Waals surface area contributed by atoms with Gasteiger partial charge in [-0.1, -0.05) is 54.6 Å². The molecular formula is C22H15F3N2O2. The van der Waals surface area contributed by atoms with Crippen LogP contribution in [0.15, 0.2) is 71.7 Å². The molecule has 1 unspecified atom stereocenters. The number of ether oxygens (including phenoxy) is 2. The molecule has 3 aliphatic rings. The van der Waals surface area contributed by atoms with Gasteiger partial charge in [-0.05, 0) is 39.9 Å². The number of benzene rings is 3. The van der Waals surface area contributed by atoms with E-state index in [1.807, 2.05) is 42.5 Å². The molecule has 0 fully saturated rings. The van der Waals surface area contributed by atoms with Crippen molar-refractivity contribution in [3.63, 3.8) is 0 Å². The van der Waals surface area contributed by atoms with E-state index in [1.165, 1.54) is 6.07 Å². The number of alkyl halides is 3. The van der Waals surface area contributed by atoms with Crippen LogP contribution in [0.3, 0.4) is 0 Å². The lowest BCUT2D eigenvalue weighted by Gasteiger charge is -2.27. The lowest BCUT2D eigenvalue weighted by molar-refractivity contribution is -0.274. The number of amidine groups is 1. The average Bonchev–Trinajstić information content (AvgIpc) is 3.00. The van der Waals surface area contributed by atoms with E-state index in [0.717, 1.165) is 16.7 Å². The molecule has 1 aliphatic heterocycles. The first-order valence-corrected chi connectivity index (χ1v) is 8.94. The van der Waals surface area contributed by atoms with Crippen molar-refractivity contribution in [1.82, 2.24) is 0 Å².